The van der Waals surface area contributed by atoms with Crippen molar-refractivity contribution in [3.8, 4) is 5.75 Å². The van der Waals surface area contributed by atoms with E-state index in [9.17, 15) is 13.2 Å². The second-order valence-corrected chi connectivity index (χ2v) is 9.75. The zero-order chi connectivity index (χ0) is 20.9. The summed E-state index contributed by atoms with van der Waals surface area (Å²) in [5.41, 5.74) is 0.581. The number of rotatable bonds is 8. The van der Waals surface area contributed by atoms with Gasteiger partial charge in [0.2, 0.25) is 5.91 Å². The molecule has 1 N–H and O–H groups in total. The SMILES string of the molecule is CCN(c1ccc(OC)cc1)S(=O)(=O)N1CCC[C@H](C(=O)NCc2cccs2)C1. The van der Waals surface area contributed by atoms with Crippen LogP contribution in [-0.2, 0) is 21.5 Å². The van der Waals surface area contributed by atoms with Crippen LogP contribution in [0.5, 0.6) is 5.75 Å². The molecule has 1 amide bonds. The van der Waals surface area contributed by atoms with E-state index >= 15 is 0 Å². The van der Waals surface area contributed by atoms with Gasteiger partial charge < -0.3 is 10.1 Å². The summed E-state index contributed by atoms with van der Waals surface area (Å²) >= 11 is 1.59. The number of piperidine rings is 1. The molecule has 2 aromatic rings. The first-order valence-electron chi connectivity index (χ1n) is 9.67. The zero-order valence-electron chi connectivity index (χ0n) is 16.7. The maximum Gasteiger partial charge on any atom is 0.304 e. The summed E-state index contributed by atoms with van der Waals surface area (Å²) in [7, 11) is -2.15. The van der Waals surface area contributed by atoms with Gasteiger partial charge in [0.25, 0.3) is 0 Å². The maximum atomic E-state index is 13.3. The third kappa shape index (κ3) is 5.09. The molecule has 1 aromatic heterocycles. The Bertz CT molecular complexity index is 898. The minimum atomic E-state index is -3.72. The minimum absolute atomic E-state index is 0.0919. The van der Waals surface area contributed by atoms with Crippen molar-refractivity contribution in [2.24, 2.45) is 5.92 Å². The third-order valence-corrected chi connectivity index (χ3v) is 7.91. The Kier molecular flexibility index (Phi) is 7.15. The van der Waals surface area contributed by atoms with Crippen LogP contribution in [0.1, 0.15) is 24.6 Å². The van der Waals surface area contributed by atoms with E-state index in [1.807, 2.05) is 17.5 Å². The first-order valence-corrected chi connectivity index (χ1v) is 11.9. The van der Waals surface area contributed by atoms with Crippen LogP contribution < -0.4 is 14.4 Å². The highest BCUT2D eigenvalue weighted by atomic mass is 32.2. The van der Waals surface area contributed by atoms with Gasteiger partial charge in [0.1, 0.15) is 5.75 Å². The Morgan fingerprint density at radius 3 is 2.69 bits per heavy atom. The van der Waals surface area contributed by atoms with Gasteiger partial charge in [-0.05, 0) is 55.5 Å². The van der Waals surface area contributed by atoms with Gasteiger partial charge in [-0.25, -0.2) is 0 Å². The molecule has 2 heterocycles. The molecule has 0 aliphatic carbocycles. The van der Waals surface area contributed by atoms with E-state index in [1.54, 1.807) is 49.6 Å². The lowest BCUT2D eigenvalue weighted by Gasteiger charge is -2.35. The third-order valence-electron chi connectivity index (χ3n) is 5.02. The van der Waals surface area contributed by atoms with E-state index in [0.717, 1.165) is 4.88 Å². The van der Waals surface area contributed by atoms with Crippen molar-refractivity contribution in [1.29, 1.82) is 0 Å². The van der Waals surface area contributed by atoms with E-state index < -0.39 is 10.2 Å². The predicted molar refractivity (Wildman–Crippen MR) is 115 cm³/mol. The Hall–Kier alpha value is -2.10. The summed E-state index contributed by atoms with van der Waals surface area (Å²) in [4.78, 5) is 13.7. The van der Waals surface area contributed by atoms with Gasteiger partial charge in [-0.15, -0.1) is 11.3 Å². The fourth-order valence-corrected chi connectivity index (χ4v) is 5.83. The van der Waals surface area contributed by atoms with Crippen LogP contribution in [0.4, 0.5) is 5.69 Å². The molecule has 1 saturated heterocycles. The Morgan fingerprint density at radius 1 is 1.31 bits per heavy atom. The number of carbonyl (C=O) groups excluding carboxylic acids is 1. The quantitative estimate of drug-likeness (QED) is 0.689. The number of methoxy groups -OCH3 is 1. The largest absolute Gasteiger partial charge is 0.497 e. The second-order valence-electron chi connectivity index (χ2n) is 6.86. The number of ether oxygens (including phenoxy) is 1. The highest BCUT2D eigenvalue weighted by Gasteiger charge is 2.35. The Labute approximate surface area is 176 Å². The average Bonchev–Trinajstić information content (AvgIpc) is 3.26. The van der Waals surface area contributed by atoms with Crippen molar-refractivity contribution in [3.05, 3.63) is 46.7 Å². The van der Waals surface area contributed by atoms with Gasteiger partial charge in [0.05, 0.1) is 25.3 Å². The smallest absolute Gasteiger partial charge is 0.304 e. The summed E-state index contributed by atoms with van der Waals surface area (Å²) < 4.78 is 34.5. The zero-order valence-corrected chi connectivity index (χ0v) is 18.3. The summed E-state index contributed by atoms with van der Waals surface area (Å²) in [5.74, 6) is 0.238. The average molecular weight is 438 g/mol. The normalized spacial score (nSPS) is 17.7. The molecule has 1 aliphatic rings. The van der Waals surface area contributed by atoms with E-state index in [1.165, 1.54) is 8.61 Å². The van der Waals surface area contributed by atoms with Crippen molar-refractivity contribution in [3.63, 3.8) is 0 Å². The molecule has 29 heavy (non-hydrogen) atoms. The lowest BCUT2D eigenvalue weighted by Crippen LogP contribution is -2.50. The Morgan fingerprint density at radius 2 is 2.07 bits per heavy atom. The lowest BCUT2D eigenvalue weighted by atomic mass is 9.99. The minimum Gasteiger partial charge on any atom is -0.497 e. The van der Waals surface area contributed by atoms with E-state index in [-0.39, 0.29) is 18.4 Å². The number of nitrogens with zero attached hydrogens (tertiary/aromatic N) is 2. The summed E-state index contributed by atoms with van der Waals surface area (Å²) in [6, 6.07) is 10.9. The fraction of sp³-hybridized carbons (Fsp3) is 0.450. The predicted octanol–water partition coefficient (Wildman–Crippen LogP) is 2.86. The van der Waals surface area contributed by atoms with Gasteiger partial charge in [0.15, 0.2) is 0 Å². The number of thiophene rings is 1. The number of hydrogen-bond donors (Lipinski definition) is 1. The summed E-state index contributed by atoms with van der Waals surface area (Å²) in [6.45, 7) is 3.21. The van der Waals surface area contributed by atoms with Gasteiger partial charge in [0, 0.05) is 24.5 Å². The van der Waals surface area contributed by atoms with Crippen LogP contribution in [-0.4, -0.2) is 45.4 Å². The van der Waals surface area contributed by atoms with Gasteiger partial charge in [-0.1, -0.05) is 6.07 Å². The second kappa shape index (κ2) is 9.60. The number of benzene rings is 1. The van der Waals surface area contributed by atoms with Crippen molar-refractivity contribution >= 4 is 33.1 Å². The molecule has 1 aromatic carbocycles. The van der Waals surface area contributed by atoms with Crippen LogP contribution >= 0.6 is 11.3 Å². The van der Waals surface area contributed by atoms with E-state index in [4.69, 9.17) is 4.74 Å². The summed E-state index contributed by atoms with van der Waals surface area (Å²) in [5, 5.41) is 4.90. The number of carbonyl (C=O) groups is 1. The van der Waals surface area contributed by atoms with Crippen molar-refractivity contribution < 1.29 is 17.9 Å². The molecule has 3 rings (SSSR count). The Balaban J connectivity index is 1.68. The highest BCUT2D eigenvalue weighted by molar-refractivity contribution is 7.90. The topological polar surface area (TPSA) is 79.0 Å². The number of hydrogen-bond acceptors (Lipinski definition) is 5. The monoisotopic (exact) mass is 437 g/mol. The van der Waals surface area contributed by atoms with Crippen LogP contribution in [0.25, 0.3) is 0 Å². The first kappa shape index (κ1) is 21.6. The molecule has 0 radical (unpaired) electrons. The van der Waals surface area contributed by atoms with Gasteiger partial charge in [-0.2, -0.15) is 12.7 Å². The van der Waals surface area contributed by atoms with Crippen LogP contribution in [0, 0.1) is 5.92 Å². The molecule has 9 heteroatoms. The lowest BCUT2D eigenvalue weighted by molar-refractivity contribution is -0.126. The molecule has 1 atom stereocenters. The van der Waals surface area contributed by atoms with E-state index in [2.05, 4.69) is 5.32 Å². The number of nitrogens with one attached hydrogen (secondary N) is 1. The van der Waals surface area contributed by atoms with E-state index in [0.29, 0.717) is 43.9 Å². The maximum absolute atomic E-state index is 13.3. The molecule has 1 aliphatic heterocycles. The van der Waals surface area contributed by atoms with Crippen LogP contribution in [0.15, 0.2) is 41.8 Å². The van der Waals surface area contributed by atoms with Crippen molar-refractivity contribution in [2.45, 2.75) is 26.3 Å². The molecule has 0 spiro atoms. The summed E-state index contributed by atoms with van der Waals surface area (Å²) in [6.07, 6.45) is 1.35. The molecular weight excluding hydrogens is 410 g/mol. The van der Waals surface area contributed by atoms with Crippen LogP contribution in [0.3, 0.4) is 0 Å². The molecule has 7 nitrogen and oxygen atoms in total. The standard InChI is InChI=1S/C20H27N3O4S2/c1-3-23(17-8-10-18(27-2)11-9-17)29(25,26)22-12-4-6-16(15-22)20(24)21-14-19-7-5-13-28-19/h5,7-11,13,16H,3-4,6,12,14-15H2,1-2H3,(H,21,24)/t16-/m0/s1. The molecule has 0 bridgehead atoms. The first-order chi connectivity index (χ1) is 14.0. The van der Waals surface area contributed by atoms with Crippen LogP contribution in [0.2, 0.25) is 0 Å². The molecule has 0 saturated carbocycles. The molecule has 1 fully saturated rings. The van der Waals surface area contributed by atoms with Gasteiger partial charge >= 0.3 is 10.2 Å². The van der Waals surface area contributed by atoms with Crippen molar-refractivity contribution in [2.75, 3.05) is 31.0 Å². The van der Waals surface area contributed by atoms with Gasteiger partial charge in [-0.3, -0.25) is 9.10 Å². The number of anilines is 1. The molecule has 0 unspecified atom stereocenters. The fourth-order valence-electron chi connectivity index (χ4n) is 3.46. The van der Waals surface area contributed by atoms with Crippen molar-refractivity contribution in [1.82, 2.24) is 9.62 Å². The highest BCUT2D eigenvalue weighted by Crippen LogP contribution is 2.27. The molecule has 158 valence electrons. The molecular formula is C20H27N3O4S2. The number of amides is 1.